The van der Waals surface area contributed by atoms with Crippen LogP contribution in [-0.4, -0.2) is 6.61 Å². The van der Waals surface area contributed by atoms with Crippen molar-refractivity contribution in [3.8, 4) is 22.9 Å². The van der Waals surface area contributed by atoms with Crippen LogP contribution in [0.25, 0.3) is 11.1 Å². The third-order valence-corrected chi connectivity index (χ3v) is 4.53. The summed E-state index contributed by atoms with van der Waals surface area (Å²) in [5, 5.41) is 9.28. The van der Waals surface area contributed by atoms with Gasteiger partial charge in [-0.1, -0.05) is 73.2 Å². The van der Waals surface area contributed by atoms with Crippen LogP contribution >= 0.6 is 15.9 Å². The topological polar surface area (TPSA) is 33.0 Å². The highest BCUT2D eigenvalue weighted by Crippen LogP contribution is 2.27. The van der Waals surface area contributed by atoms with Crippen LogP contribution in [0.15, 0.2) is 46.9 Å². The van der Waals surface area contributed by atoms with E-state index in [0.29, 0.717) is 5.56 Å². The van der Waals surface area contributed by atoms with Crippen molar-refractivity contribution in [3.05, 3.63) is 52.5 Å². The SMILES string of the molecule is CCCCCCCCOc1ccc(-c2ccc(Br)cc2C#N)cc1. The van der Waals surface area contributed by atoms with Crippen molar-refractivity contribution in [2.45, 2.75) is 45.4 Å². The van der Waals surface area contributed by atoms with Gasteiger partial charge in [0.15, 0.2) is 0 Å². The van der Waals surface area contributed by atoms with Gasteiger partial charge in [0.1, 0.15) is 5.75 Å². The standard InChI is InChI=1S/C21H24BrNO/c1-2-3-4-5-6-7-14-24-20-11-8-17(9-12-20)21-13-10-19(22)15-18(21)16-23/h8-13,15H,2-7,14H2,1H3. The van der Waals surface area contributed by atoms with Crippen molar-refractivity contribution < 1.29 is 4.74 Å². The third-order valence-electron chi connectivity index (χ3n) is 4.03. The van der Waals surface area contributed by atoms with Gasteiger partial charge in [-0.05, 0) is 41.8 Å². The number of hydrogen-bond donors (Lipinski definition) is 0. The zero-order chi connectivity index (χ0) is 17.2. The van der Waals surface area contributed by atoms with Crippen LogP contribution in [0.2, 0.25) is 0 Å². The summed E-state index contributed by atoms with van der Waals surface area (Å²) in [5.41, 5.74) is 2.65. The molecule has 0 N–H and O–H groups in total. The highest BCUT2D eigenvalue weighted by atomic mass is 79.9. The van der Waals surface area contributed by atoms with Gasteiger partial charge in [0.25, 0.3) is 0 Å². The van der Waals surface area contributed by atoms with Gasteiger partial charge in [-0.15, -0.1) is 0 Å². The Morgan fingerprint density at radius 1 is 0.958 bits per heavy atom. The van der Waals surface area contributed by atoms with Gasteiger partial charge in [-0.3, -0.25) is 0 Å². The molecule has 0 saturated heterocycles. The van der Waals surface area contributed by atoms with Gasteiger partial charge >= 0.3 is 0 Å². The lowest BCUT2D eigenvalue weighted by Gasteiger charge is -2.08. The molecule has 2 nitrogen and oxygen atoms in total. The van der Waals surface area contributed by atoms with Crippen LogP contribution in [0, 0.1) is 11.3 Å². The van der Waals surface area contributed by atoms with Crippen molar-refractivity contribution in [2.24, 2.45) is 0 Å². The fourth-order valence-electron chi connectivity index (χ4n) is 2.66. The fraction of sp³-hybridized carbons (Fsp3) is 0.381. The number of halogens is 1. The molecule has 0 fully saturated rings. The normalized spacial score (nSPS) is 10.4. The summed E-state index contributed by atoms with van der Waals surface area (Å²) in [4.78, 5) is 0. The number of nitrogens with zero attached hydrogens (tertiary/aromatic N) is 1. The summed E-state index contributed by atoms with van der Waals surface area (Å²) < 4.78 is 6.72. The Balaban J connectivity index is 1.86. The Labute approximate surface area is 153 Å². The summed E-state index contributed by atoms with van der Waals surface area (Å²) in [6.45, 7) is 3.01. The smallest absolute Gasteiger partial charge is 0.119 e. The molecule has 0 spiro atoms. The number of nitriles is 1. The largest absolute Gasteiger partial charge is 0.494 e. The van der Waals surface area contributed by atoms with Crippen LogP contribution in [0.3, 0.4) is 0 Å². The predicted octanol–water partition coefficient (Wildman–Crippen LogP) is 6.73. The van der Waals surface area contributed by atoms with E-state index in [-0.39, 0.29) is 0 Å². The quantitative estimate of drug-likeness (QED) is 0.448. The summed E-state index contributed by atoms with van der Waals surface area (Å²) in [5.74, 6) is 0.892. The molecule has 0 aliphatic rings. The second-order valence-corrected chi connectivity index (χ2v) is 6.86. The molecule has 2 aromatic carbocycles. The second kappa shape index (κ2) is 10.2. The first-order valence-electron chi connectivity index (χ1n) is 8.67. The summed E-state index contributed by atoms with van der Waals surface area (Å²) >= 11 is 3.41. The van der Waals surface area contributed by atoms with Crippen molar-refractivity contribution in [2.75, 3.05) is 6.61 Å². The summed E-state index contributed by atoms with van der Waals surface area (Å²) in [7, 11) is 0. The van der Waals surface area contributed by atoms with E-state index in [0.717, 1.165) is 34.4 Å². The lowest BCUT2D eigenvalue weighted by Crippen LogP contribution is -1.97. The van der Waals surface area contributed by atoms with E-state index in [1.165, 1.54) is 32.1 Å². The van der Waals surface area contributed by atoms with Gasteiger partial charge < -0.3 is 4.74 Å². The molecule has 0 aliphatic heterocycles. The van der Waals surface area contributed by atoms with Crippen molar-refractivity contribution in [3.63, 3.8) is 0 Å². The molecule has 0 aliphatic carbocycles. The maximum atomic E-state index is 9.28. The van der Waals surface area contributed by atoms with Gasteiger partial charge in [0.2, 0.25) is 0 Å². The lowest BCUT2D eigenvalue weighted by molar-refractivity contribution is 0.304. The van der Waals surface area contributed by atoms with E-state index >= 15 is 0 Å². The summed E-state index contributed by atoms with van der Waals surface area (Å²) in [6, 6.07) is 16.0. The number of unbranched alkanes of at least 4 members (excludes halogenated alkanes) is 5. The van der Waals surface area contributed by atoms with E-state index in [1.807, 2.05) is 42.5 Å². The van der Waals surface area contributed by atoms with E-state index in [1.54, 1.807) is 0 Å². The molecular weight excluding hydrogens is 362 g/mol. The average molecular weight is 386 g/mol. The molecular formula is C21H24BrNO. The first kappa shape index (κ1) is 18.5. The molecule has 0 heterocycles. The van der Waals surface area contributed by atoms with Crippen LogP contribution in [0.4, 0.5) is 0 Å². The Morgan fingerprint density at radius 2 is 1.67 bits per heavy atom. The highest BCUT2D eigenvalue weighted by molar-refractivity contribution is 9.10. The Hall–Kier alpha value is -1.79. The minimum Gasteiger partial charge on any atom is -0.494 e. The number of ether oxygens (including phenoxy) is 1. The van der Waals surface area contributed by atoms with Gasteiger partial charge in [0, 0.05) is 4.47 Å². The monoisotopic (exact) mass is 385 g/mol. The fourth-order valence-corrected chi connectivity index (χ4v) is 3.02. The van der Waals surface area contributed by atoms with Crippen molar-refractivity contribution in [1.82, 2.24) is 0 Å². The molecule has 0 aromatic heterocycles. The number of benzene rings is 2. The number of hydrogen-bond acceptors (Lipinski definition) is 2. The van der Waals surface area contributed by atoms with E-state index in [4.69, 9.17) is 4.74 Å². The number of rotatable bonds is 9. The molecule has 0 atom stereocenters. The first-order valence-corrected chi connectivity index (χ1v) is 9.46. The second-order valence-electron chi connectivity index (χ2n) is 5.94. The zero-order valence-corrected chi connectivity index (χ0v) is 15.8. The van der Waals surface area contributed by atoms with Crippen LogP contribution in [0.1, 0.15) is 51.0 Å². The van der Waals surface area contributed by atoms with E-state index < -0.39 is 0 Å². The van der Waals surface area contributed by atoms with Crippen LogP contribution in [0.5, 0.6) is 5.75 Å². The first-order chi connectivity index (χ1) is 11.7. The van der Waals surface area contributed by atoms with E-state index in [2.05, 4.69) is 28.9 Å². The molecule has 126 valence electrons. The minimum atomic E-state index is 0.671. The average Bonchev–Trinajstić information content (AvgIpc) is 2.61. The van der Waals surface area contributed by atoms with Crippen LogP contribution < -0.4 is 4.74 Å². The molecule has 2 aromatic rings. The molecule has 0 radical (unpaired) electrons. The van der Waals surface area contributed by atoms with Crippen LogP contribution in [-0.2, 0) is 0 Å². The summed E-state index contributed by atoms with van der Waals surface area (Å²) in [6.07, 6.45) is 7.60. The third kappa shape index (κ3) is 5.69. The Bertz CT molecular complexity index is 673. The van der Waals surface area contributed by atoms with E-state index in [9.17, 15) is 5.26 Å². The minimum absolute atomic E-state index is 0.671. The van der Waals surface area contributed by atoms with Crippen molar-refractivity contribution in [1.29, 1.82) is 5.26 Å². The molecule has 0 saturated carbocycles. The van der Waals surface area contributed by atoms with Gasteiger partial charge in [0.05, 0.1) is 18.2 Å². The molecule has 3 heteroatoms. The maximum Gasteiger partial charge on any atom is 0.119 e. The molecule has 2 rings (SSSR count). The lowest BCUT2D eigenvalue weighted by atomic mass is 10.0. The van der Waals surface area contributed by atoms with Gasteiger partial charge in [-0.2, -0.15) is 5.26 Å². The van der Waals surface area contributed by atoms with Crippen molar-refractivity contribution >= 4 is 15.9 Å². The Morgan fingerprint density at radius 3 is 2.38 bits per heavy atom. The van der Waals surface area contributed by atoms with Gasteiger partial charge in [-0.25, -0.2) is 0 Å². The predicted molar refractivity (Wildman–Crippen MR) is 103 cm³/mol. The molecule has 0 bridgehead atoms. The Kier molecular flexibility index (Phi) is 7.85. The molecule has 0 unspecified atom stereocenters. The highest BCUT2D eigenvalue weighted by Gasteiger charge is 2.06. The zero-order valence-electron chi connectivity index (χ0n) is 14.2. The molecule has 0 amide bonds. The maximum absolute atomic E-state index is 9.28. The molecule has 24 heavy (non-hydrogen) atoms.